The highest BCUT2D eigenvalue weighted by Crippen LogP contribution is 2.34. The van der Waals surface area contributed by atoms with Crippen LogP contribution in [-0.4, -0.2) is 15.0 Å². The fourth-order valence-electron chi connectivity index (χ4n) is 1.01. The second kappa shape index (κ2) is 4.05. The average molecular weight is 308 g/mol. The summed E-state index contributed by atoms with van der Waals surface area (Å²) in [6.07, 6.45) is 1.72. The number of nitrogens with zero attached hydrogens (tertiary/aromatic N) is 2. The molecule has 1 unspecified atom stereocenters. The predicted molar refractivity (Wildman–Crippen MR) is 61.1 cm³/mol. The molecule has 0 aliphatic carbocycles. The fourth-order valence-corrected chi connectivity index (χ4v) is 1.99. The van der Waals surface area contributed by atoms with E-state index >= 15 is 0 Å². The van der Waals surface area contributed by atoms with Gasteiger partial charge in [0.15, 0.2) is 0 Å². The third kappa shape index (κ3) is 2.29. The van der Waals surface area contributed by atoms with Crippen LogP contribution >= 0.6 is 31.9 Å². The van der Waals surface area contributed by atoms with Gasteiger partial charge in [0, 0.05) is 16.4 Å². The van der Waals surface area contributed by atoms with Gasteiger partial charge in [-0.3, -0.25) is 0 Å². The molecule has 0 spiro atoms. The molecule has 72 valence electrons. The molecule has 0 saturated carbocycles. The maximum Gasteiger partial charge on any atom is 0.132 e. The van der Waals surface area contributed by atoms with Crippen molar-refractivity contribution < 1.29 is 0 Å². The molecule has 0 aromatic carbocycles. The standard InChI is InChI=1S/C9H12Br2N2/c1-6(10)9(2,3)7-4-5-12-13-8(7)11/h4-6H,1-3H3. The highest BCUT2D eigenvalue weighted by atomic mass is 79.9. The highest BCUT2D eigenvalue weighted by molar-refractivity contribution is 9.10. The second-order valence-electron chi connectivity index (χ2n) is 3.57. The summed E-state index contributed by atoms with van der Waals surface area (Å²) in [6.45, 7) is 6.48. The van der Waals surface area contributed by atoms with Crippen LogP contribution in [0.2, 0.25) is 0 Å². The molecule has 0 fully saturated rings. The first-order valence-electron chi connectivity index (χ1n) is 4.08. The Labute approximate surface area is 95.4 Å². The zero-order chi connectivity index (χ0) is 10.1. The summed E-state index contributed by atoms with van der Waals surface area (Å²) in [6, 6.07) is 1.99. The van der Waals surface area contributed by atoms with Crippen LogP contribution in [-0.2, 0) is 5.41 Å². The van der Waals surface area contributed by atoms with Gasteiger partial charge in [0.05, 0.1) is 0 Å². The van der Waals surface area contributed by atoms with E-state index in [-0.39, 0.29) is 5.41 Å². The average Bonchev–Trinajstić information content (AvgIpc) is 2.04. The number of alkyl halides is 1. The topological polar surface area (TPSA) is 25.8 Å². The van der Waals surface area contributed by atoms with Gasteiger partial charge in [-0.05, 0) is 27.6 Å². The van der Waals surface area contributed by atoms with E-state index in [1.54, 1.807) is 6.20 Å². The Balaban J connectivity index is 3.14. The molecule has 2 nitrogen and oxygen atoms in total. The van der Waals surface area contributed by atoms with E-state index in [1.807, 2.05) is 6.07 Å². The van der Waals surface area contributed by atoms with Crippen molar-refractivity contribution in [2.45, 2.75) is 31.0 Å². The van der Waals surface area contributed by atoms with Crippen molar-refractivity contribution in [3.05, 3.63) is 22.4 Å². The molecule has 13 heavy (non-hydrogen) atoms. The SMILES string of the molecule is CC(Br)C(C)(C)c1ccnnc1Br. The van der Waals surface area contributed by atoms with Crippen LogP contribution in [0.1, 0.15) is 26.3 Å². The summed E-state index contributed by atoms with van der Waals surface area (Å²) >= 11 is 7.00. The molecule has 0 radical (unpaired) electrons. The van der Waals surface area contributed by atoms with Gasteiger partial charge in [-0.1, -0.05) is 36.7 Å². The van der Waals surface area contributed by atoms with Gasteiger partial charge < -0.3 is 0 Å². The monoisotopic (exact) mass is 306 g/mol. The zero-order valence-corrected chi connectivity index (χ0v) is 11.1. The summed E-state index contributed by atoms with van der Waals surface area (Å²) in [5.41, 5.74) is 1.22. The van der Waals surface area contributed by atoms with Crippen molar-refractivity contribution in [3.63, 3.8) is 0 Å². The first-order valence-corrected chi connectivity index (χ1v) is 5.79. The minimum absolute atomic E-state index is 0.0504. The maximum absolute atomic E-state index is 3.97. The lowest BCUT2D eigenvalue weighted by molar-refractivity contribution is 0.519. The van der Waals surface area contributed by atoms with E-state index in [1.165, 1.54) is 5.56 Å². The minimum atomic E-state index is 0.0504. The summed E-state index contributed by atoms with van der Waals surface area (Å²) in [7, 11) is 0. The Morgan fingerprint density at radius 1 is 1.46 bits per heavy atom. The largest absolute Gasteiger partial charge is 0.158 e. The molecule has 0 aliphatic heterocycles. The molecule has 1 atom stereocenters. The fraction of sp³-hybridized carbons (Fsp3) is 0.556. The van der Waals surface area contributed by atoms with E-state index in [9.17, 15) is 0 Å². The predicted octanol–water partition coefficient (Wildman–Crippen LogP) is 3.30. The van der Waals surface area contributed by atoms with Gasteiger partial charge in [0.25, 0.3) is 0 Å². The Hall–Kier alpha value is 0.0400. The van der Waals surface area contributed by atoms with Crippen molar-refractivity contribution in [1.82, 2.24) is 10.2 Å². The minimum Gasteiger partial charge on any atom is -0.158 e. The van der Waals surface area contributed by atoms with Crippen LogP contribution in [0, 0.1) is 0 Å². The Morgan fingerprint density at radius 2 is 2.08 bits per heavy atom. The number of aromatic nitrogens is 2. The lowest BCUT2D eigenvalue weighted by atomic mass is 9.83. The Morgan fingerprint density at radius 3 is 2.54 bits per heavy atom. The molecule has 0 amide bonds. The van der Waals surface area contributed by atoms with E-state index in [2.05, 4.69) is 62.8 Å². The first-order chi connectivity index (χ1) is 5.96. The van der Waals surface area contributed by atoms with Gasteiger partial charge in [0.2, 0.25) is 0 Å². The van der Waals surface area contributed by atoms with Gasteiger partial charge in [-0.15, -0.1) is 5.10 Å². The van der Waals surface area contributed by atoms with Crippen LogP contribution in [0.15, 0.2) is 16.9 Å². The lowest BCUT2D eigenvalue weighted by Gasteiger charge is -2.28. The Bertz CT molecular complexity index is 297. The van der Waals surface area contributed by atoms with Crippen molar-refractivity contribution >= 4 is 31.9 Å². The van der Waals surface area contributed by atoms with Crippen LogP contribution in [0.25, 0.3) is 0 Å². The quantitative estimate of drug-likeness (QED) is 0.784. The molecule has 1 heterocycles. The number of halogens is 2. The van der Waals surface area contributed by atoms with E-state index < -0.39 is 0 Å². The van der Waals surface area contributed by atoms with Crippen LogP contribution in [0.5, 0.6) is 0 Å². The van der Waals surface area contributed by atoms with Crippen molar-refractivity contribution in [2.24, 2.45) is 0 Å². The molecular formula is C9H12Br2N2. The lowest BCUT2D eigenvalue weighted by Crippen LogP contribution is -2.27. The number of hydrogen-bond acceptors (Lipinski definition) is 2. The van der Waals surface area contributed by atoms with Gasteiger partial charge in [0.1, 0.15) is 4.60 Å². The van der Waals surface area contributed by atoms with Crippen molar-refractivity contribution in [1.29, 1.82) is 0 Å². The van der Waals surface area contributed by atoms with E-state index in [4.69, 9.17) is 0 Å². The first kappa shape index (κ1) is 11.1. The second-order valence-corrected chi connectivity index (χ2v) is 5.70. The van der Waals surface area contributed by atoms with E-state index in [0.29, 0.717) is 4.83 Å². The molecule has 4 heteroatoms. The smallest absolute Gasteiger partial charge is 0.132 e. The van der Waals surface area contributed by atoms with Gasteiger partial charge in [-0.2, -0.15) is 5.10 Å². The summed E-state index contributed by atoms with van der Waals surface area (Å²) in [5.74, 6) is 0. The van der Waals surface area contributed by atoms with Crippen molar-refractivity contribution in [3.8, 4) is 0 Å². The van der Waals surface area contributed by atoms with Gasteiger partial charge in [-0.25, -0.2) is 0 Å². The third-order valence-electron chi connectivity index (χ3n) is 2.36. The molecule has 0 N–H and O–H groups in total. The van der Waals surface area contributed by atoms with Crippen LogP contribution < -0.4 is 0 Å². The molecule has 0 saturated heterocycles. The Kier molecular flexibility index (Phi) is 3.46. The van der Waals surface area contributed by atoms with Crippen LogP contribution in [0.3, 0.4) is 0 Å². The summed E-state index contributed by atoms with van der Waals surface area (Å²) < 4.78 is 0.825. The van der Waals surface area contributed by atoms with Crippen molar-refractivity contribution in [2.75, 3.05) is 0 Å². The summed E-state index contributed by atoms with van der Waals surface area (Å²) in [4.78, 5) is 0.389. The molecule has 1 aromatic rings. The van der Waals surface area contributed by atoms with Crippen LogP contribution in [0.4, 0.5) is 0 Å². The maximum atomic E-state index is 3.97. The zero-order valence-electron chi connectivity index (χ0n) is 7.88. The summed E-state index contributed by atoms with van der Waals surface area (Å²) in [5, 5.41) is 7.78. The molecule has 0 bridgehead atoms. The molecular weight excluding hydrogens is 296 g/mol. The van der Waals surface area contributed by atoms with E-state index in [0.717, 1.165) is 4.60 Å². The molecule has 1 aromatic heterocycles. The molecule has 0 aliphatic rings. The normalized spacial score (nSPS) is 14.2. The number of rotatable bonds is 2. The van der Waals surface area contributed by atoms with Gasteiger partial charge >= 0.3 is 0 Å². The highest BCUT2D eigenvalue weighted by Gasteiger charge is 2.28. The third-order valence-corrected chi connectivity index (χ3v) is 4.09. The number of hydrogen-bond donors (Lipinski definition) is 0. The molecule has 1 rings (SSSR count).